The Kier molecular flexibility index (Phi) is 6.68. The van der Waals surface area contributed by atoms with E-state index in [0.29, 0.717) is 37.7 Å². The van der Waals surface area contributed by atoms with Crippen LogP contribution < -0.4 is 9.64 Å². The zero-order chi connectivity index (χ0) is 24.6. The van der Waals surface area contributed by atoms with E-state index in [1.54, 1.807) is 0 Å². The molecule has 0 saturated carbocycles. The molecular weight excluding hydrogens is 478 g/mol. The number of alkyl halides is 3. The van der Waals surface area contributed by atoms with Gasteiger partial charge in [-0.25, -0.2) is 4.39 Å². The van der Waals surface area contributed by atoms with E-state index in [1.807, 2.05) is 9.80 Å². The molecule has 4 rings (SSSR count). The maximum absolute atomic E-state index is 13.5. The predicted octanol–water partition coefficient (Wildman–Crippen LogP) is 3.81. The third kappa shape index (κ3) is 4.95. The minimum absolute atomic E-state index is 0.0222. The van der Waals surface area contributed by atoms with E-state index >= 15 is 0 Å². The van der Waals surface area contributed by atoms with Gasteiger partial charge in [0.2, 0.25) is 0 Å². The number of hydrogen-bond acceptors (Lipinski definition) is 6. The van der Waals surface area contributed by atoms with Crippen LogP contribution in [0.1, 0.15) is 22.4 Å². The molecule has 0 spiro atoms. The number of carbonyl (C=O) groups is 1. The van der Waals surface area contributed by atoms with Gasteiger partial charge in [0.15, 0.2) is 5.83 Å². The third-order valence-electron chi connectivity index (χ3n) is 5.85. The Bertz CT molecular complexity index is 1120. The number of ether oxygens (including phenoxy) is 1. The topological polar surface area (TPSA) is 61.8 Å². The predicted molar refractivity (Wildman–Crippen MR) is 117 cm³/mol. The van der Waals surface area contributed by atoms with Gasteiger partial charge in [-0.2, -0.15) is 23.1 Å². The van der Waals surface area contributed by atoms with E-state index in [9.17, 15) is 22.4 Å². The van der Waals surface area contributed by atoms with Crippen LogP contribution in [0.3, 0.4) is 0 Å². The Balaban J connectivity index is 1.56. The maximum atomic E-state index is 13.5. The second-order valence-electron chi connectivity index (χ2n) is 8.09. The first-order valence-corrected chi connectivity index (χ1v) is 10.8. The summed E-state index contributed by atoms with van der Waals surface area (Å²) in [6, 6.07) is 3.69. The first-order valence-electron chi connectivity index (χ1n) is 10.5. The van der Waals surface area contributed by atoms with Crippen LogP contribution in [0, 0.1) is 0 Å². The van der Waals surface area contributed by atoms with Crippen molar-refractivity contribution in [3.8, 4) is 6.01 Å². The Morgan fingerprint density at radius 2 is 1.88 bits per heavy atom. The number of halogens is 5. The van der Waals surface area contributed by atoms with Gasteiger partial charge in [0.25, 0.3) is 5.91 Å². The molecule has 1 amide bonds. The number of piperazine rings is 1. The summed E-state index contributed by atoms with van der Waals surface area (Å²) in [7, 11) is 1.43. The number of fused-ring (bicyclic) bond motifs is 1. The van der Waals surface area contributed by atoms with Gasteiger partial charge >= 0.3 is 12.2 Å². The quantitative estimate of drug-likeness (QED) is 0.460. The lowest BCUT2D eigenvalue weighted by Crippen LogP contribution is -2.49. The van der Waals surface area contributed by atoms with Crippen LogP contribution in [-0.4, -0.2) is 59.0 Å². The van der Waals surface area contributed by atoms with Crippen LogP contribution in [0.5, 0.6) is 6.01 Å². The van der Waals surface area contributed by atoms with Gasteiger partial charge in [-0.05, 0) is 23.8 Å². The summed E-state index contributed by atoms with van der Waals surface area (Å²) in [6.07, 6.45) is -4.50. The SMILES string of the molecule is C=C(F)C(=O)N1CCN(c2nc(OC)nc3c2CN(Cc2cc(Cl)ccc2C(F)(F)F)C3)CC1. The minimum atomic E-state index is -4.50. The van der Waals surface area contributed by atoms with Gasteiger partial charge < -0.3 is 14.5 Å². The zero-order valence-corrected chi connectivity index (χ0v) is 19.1. The molecule has 3 heterocycles. The van der Waals surface area contributed by atoms with E-state index in [-0.39, 0.29) is 36.2 Å². The Hall–Kier alpha value is -2.92. The molecule has 0 radical (unpaired) electrons. The number of methoxy groups -OCH3 is 1. The third-order valence-corrected chi connectivity index (χ3v) is 6.09. The largest absolute Gasteiger partial charge is 0.467 e. The van der Waals surface area contributed by atoms with Crippen molar-refractivity contribution in [3.63, 3.8) is 0 Å². The number of hydrogen-bond donors (Lipinski definition) is 0. The van der Waals surface area contributed by atoms with Crippen LogP contribution >= 0.6 is 11.6 Å². The highest BCUT2D eigenvalue weighted by Crippen LogP contribution is 2.37. The second kappa shape index (κ2) is 9.38. The van der Waals surface area contributed by atoms with Crippen molar-refractivity contribution in [2.24, 2.45) is 0 Å². The summed E-state index contributed by atoms with van der Waals surface area (Å²) in [5.41, 5.74) is 0.791. The van der Waals surface area contributed by atoms with Gasteiger partial charge in [-0.1, -0.05) is 18.2 Å². The average molecular weight is 500 g/mol. The first kappa shape index (κ1) is 24.2. The molecule has 2 aliphatic rings. The molecular formula is C22H22ClF4N5O2. The highest BCUT2D eigenvalue weighted by Gasteiger charge is 2.35. The van der Waals surface area contributed by atoms with E-state index in [1.165, 1.54) is 24.1 Å². The Labute approximate surface area is 198 Å². The smallest absolute Gasteiger partial charge is 0.416 e. The second-order valence-corrected chi connectivity index (χ2v) is 8.52. The summed E-state index contributed by atoms with van der Waals surface area (Å²) in [5, 5.41) is 0.227. The van der Waals surface area contributed by atoms with Gasteiger partial charge in [-0.15, -0.1) is 0 Å². The van der Waals surface area contributed by atoms with Gasteiger partial charge in [-0.3, -0.25) is 9.69 Å². The molecule has 182 valence electrons. The molecule has 1 fully saturated rings. The highest BCUT2D eigenvalue weighted by molar-refractivity contribution is 6.30. The lowest BCUT2D eigenvalue weighted by molar-refractivity contribution is -0.138. The minimum Gasteiger partial charge on any atom is -0.467 e. The molecule has 1 aromatic heterocycles. The van der Waals surface area contributed by atoms with Crippen LogP contribution in [0.25, 0.3) is 0 Å². The number of aromatic nitrogens is 2. The summed E-state index contributed by atoms with van der Waals surface area (Å²) in [6.45, 7) is 5.08. The number of amides is 1. The molecule has 2 aromatic rings. The summed E-state index contributed by atoms with van der Waals surface area (Å²) in [4.78, 5) is 25.9. The number of anilines is 1. The van der Waals surface area contributed by atoms with Gasteiger partial charge in [0.1, 0.15) is 5.82 Å². The molecule has 0 N–H and O–H groups in total. The van der Waals surface area contributed by atoms with Crippen molar-refractivity contribution in [3.05, 3.63) is 58.0 Å². The molecule has 12 heteroatoms. The summed E-state index contributed by atoms with van der Waals surface area (Å²) < 4.78 is 58.9. The average Bonchev–Trinajstić information content (AvgIpc) is 3.19. The standard InChI is InChI=1S/C22H22ClF4N5O2/c1-13(24)20(33)32-7-5-31(6-8-32)19-16-11-30(12-18(16)28-21(29-19)34-2)10-14-9-15(23)3-4-17(14)22(25,26)27/h3-4,9H,1,5-8,10-12H2,2H3. The molecule has 0 atom stereocenters. The fourth-order valence-electron chi connectivity index (χ4n) is 4.25. The lowest BCUT2D eigenvalue weighted by Gasteiger charge is -2.35. The van der Waals surface area contributed by atoms with Crippen molar-refractivity contribution in [2.75, 3.05) is 38.2 Å². The first-order chi connectivity index (χ1) is 16.1. The fraction of sp³-hybridized carbons (Fsp3) is 0.409. The molecule has 0 unspecified atom stereocenters. The van der Waals surface area contributed by atoms with Gasteiger partial charge in [0.05, 0.1) is 18.4 Å². The van der Waals surface area contributed by atoms with E-state index in [2.05, 4.69) is 16.5 Å². The molecule has 7 nitrogen and oxygen atoms in total. The highest BCUT2D eigenvalue weighted by atomic mass is 35.5. The number of carbonyl (C=O) groups excluding carboxylic acids is 1. The molecule has 0 aliphatic carbocycles. The molecule has 2 aliphatic heterocycles. The number of nitrogens with zero attached hydrogens (tertiary/aromatic N) is 5. The normalized spacial score (nSPS) is 16.5. The van der Waals surface area contributed by atoms with Crippen LogP contribution in [0.15, 0.2) is 30.6 Å². The van der Waals surface area contributed by atoms with Crippen LogP contribution in [0.4, 0.5) is 23.4 Å². The maximum Gasteiger partial charge on any atom is 0.416 e. The van der Waals surface area contributed by atoms with Crippen molar-refractivity contribution in [1.29, 1.82) is 0 Å². The van der Waals surface area contributed by atoms with Crippen molar-refractivity contribution < 1.29 is 27.1 Å². The summed E-state index contributed by atoms with van der Waals surface area (Å²) >= 11 is 5.97. The van der Waals surface area contributed by atoms with E-state index in [4.69, 9.17) is 16.3 Å². The molecule has 1 saturated heterocycles. The van der Waals surface area contributed by atoms with E-state index < -0.39 is 23.5 Å². The van der Waals surface area contributed by atoms with Gasteiger partial charge in [0, 0.05) is 56.4 Å². The lowest BCUT2D eigenvalue weighted by atomic mass is 10.1. The number of benzene rings is 1. The van der Waals surface area contributed by atoms with Crippen LogP contribution in [-0.2, 0) is 30.6 Å². The Morgan fingerprint density at radius 3 is 2.50 bits per heavy atom. The van der Waals surface area contributed by atoms with Crippen molar-refractivity contribution in [2.45, 2.75) is 25.8 Å². The summed E-state index contributed by atoms with van der Waals surface area (Å²) in [5.74, 6) is -1.15. The van der Waals surface area contributed by atoms with Crippen LogP contribution in [0.2, 0.25) is 5.02 Å². The molecule has 1 aromatic carbocycles. The molecule has 0 bridgehead atoms. The monoisotopic (exact) mass is 499 g/mol. The molecule has 34 heavy (non-hydrogen) atoms. The zero-order valence-electron chi connectivity index (χ0n) is 18.3. The van der Waals surface area contributed by atoms with Crippen molar-refractivity contribution >= 4 is 23.3 Å². The fourth-order valence-corrected chi connectivity index (χ4v) is 4.44. The van der Waals surface area contributed by atoms with Crippen molar-refractivity contribution in [1.82, 2.24) is 19.8 Å². The number of rotatable bonds is 5. The Morgan fingerprint density at radius 1 is 1.18 bits per heavy atom. The van der Waals surface area contributed by atoms with E-state index in [0.717, 1.165) is 11.6 Å².